The van der Waals surface area contributed by atoms with Gasteiger partial charge in [-0.25, -0.2) is 10.5 Å². The number of nitrogens with zero attached hydrogens (tertiary/aromatic N) is 3. The fourth-order valence-corrected chi connectivity index (χ4v) is 1.94. The van der Waals surface area contributed by atoms with Crippen LogP contribution in [0.3, 0.4) is 0 Å². The van der Waals surface area contributed by atoms with Crippen molar-refractivity contribution in [2.75, 3.05) is 17.0 Å². The average molecular weight is 283 g/mol. The van der Waals surface area contributed by atoms with E-state index in [2.05, 4.69) is 20.9 Å². The minimum absolute atomic E-state index is 0.161. The molecule has 19 heavy (non-hydrogen) atoms. The van der Waals surface area contributed by atoms with Crippen LogP contribution < -0.4 is 22.4 Å². The van der Waals surface area contributed by atoms with E-state index in [0.29, 0.717) is 17.5 Å². The lowest BCUT2D eigenvalue weighted by atomic mass is 10.4. The number of rotatable bonds is 6. The SMILES string of the molecule is NNc1nnc(SCC(=O)NCc2ccco2)n1N. The van der Waals surface area contributed by atoms with Gasteiger partial charge in [0.1, 0.15) is 5.76 Å². The summed E-state index contributed by atoms with van der Waals surface area (Å²) in [5, 5.41) is 10.6. The number of anilines is 1. The number of aromatic nitrogens is 3. The van der Waals surface area contributed by atoms with Gasteiger partial charge >= 0.3 is 0 Å². The fraction of sp³-hybridized carbons (Fsp3) is 0.222. The van der Waals surface area contributed by atoms with Crippen molar-refractivity contribution in [1.29, 1.82) is 0 Å². The number of nitrogens with two attached hydrogens (primary N) is 2. The second kappa shape index (κ2) is 6.11. The predicted octanol–water partition coefficient (Wildman–Crippen LogP) is -0.721. The van der Waals surface area contributed by atoms with Crippen molar-refractivity contribution in [3.63, 3.8) is 0 Å². The molecule has 0 aliphatic heterocycles. The first-order valence-electron chi connectivity index (χ1n) is 5.29. The maximum atomic E-state index is 11.6. The van der Waals surface area contributed by atoms with Crippen LogP contribution in [0, 0.1) is 0 Å². The van der Waals surface area contributed by atoms with Crippen molar-refractivity contribution >= 4 is 23.6 Å². The highest BCUT2D eigenvalue weighted by molar-refractivity contribution is 7.99. The van der Waals surface area contributed by atoms with Gasteiger partial charge in [0.25, 0.3) is 5.95 Å². The molecule has 6 N–H and O–H groups in total. The molecule has 0 spiro atoms. The Hall–Kier alpha value is -2.20. The fourth-order valence-electron chi connectivity index (χ4n) is 1.25. The third kappa shape index (κ3) is 3.39. The van der Waals surface area contributed by atoms with E-state index in [-0.39, 0.29) is 17.6 Å². The van der Waals surface area contributed by atoms with E-state index in [1.807, 2.05) is 0 Å². The Morgan fingerprint density at radius 2 is 2.37 bits per heavy atom. The number of hydrogen-bond acceptors (Lipinski definition) is 8. The molecule has 2 aromatic heterocycles. The highest BCUT2D eigenvalue weighted by Gasteiger charge is 2.11. The maximum Gasteiger partial charge on any atom is 0.258 e. The average Bonchev–Trinajstić information content (AvgIpc) is 3.04. The molecule has 0 saturated heterocycles. The summed E-state index contributed by atoms with van der Waals surface area (Å²) in [6, 6.07) is 3.54. The number of amides is 1. The van der Waals surface area contributed by atoms with E-state index in [1.165, 1.54) is 4.68 Å². The Bertz CT molecular complexity index is 539. The van der Waals surface area contributed by atoms with Gasteiger partial charge in [-0.1, -0.05) is 11.8 Å². The van der Waals surface area contributed by atoms with Crippen LogP contribution in [-0.4, -0.2) is 26.5 Å². The first-order chi connectivity index (χ1) is 9.20. The second-order valence-corrected chi connectivity index (χ2v) is 4.41. The summed E-state index contributed by atoms with van der Waals surface area (Å²) >= 11 is 1.15. The molecule has 0 aliphatic carbocycles. The van der Waals surface area contributed by atoms with Crippen molar-refractivity contribution in [1.82, 2.24) is 20.2 Å². The number of nitrogen functional groups attached to an aromatic ring is 2. The largest absolute Gasteiger partial charge is 0.467 e. The molecule has 9 nitrogen and oxygen atoms in total. The van der Waals surface area contributed by atoms with Crippen LogP contribution in [-0.2, 0) is 11.3 Å². The van der Waals surface area contributed by atoms with Crippen LogP contribution in [0.1, 0.15) is 5.76 Å². The third-order valence-corrected chi connectivity index (χ3v) is 3.11. The molecule has 0 unspecified atom stereocenters. The van der Waals surface area contributed by atoms with Crippen LogP contribution in [0.5, 0.6) is 0 Å². The summed E-state index contributed by atoms with van der Waals surface area (Å²) in [5.74, 6) is 11.7. The first kappa shape index (κ1) is 13.2. The Balaban J connectivity index is 1.78. The monoisotopic (exact) mass is 283 g/mol. The second-order valence-electron chi connectivity index (χ2n) is 3.47. The van der Waals surface area contributed by atoms with Crippen LogP contribution in [0.25, 0.3) is 0 Å². The van der Waals surface area contributed by atoms with E-state index in [1.54, 1.807) is 18.4 Å². The standard InChI is InChI=1S/C9H13N7O2S/c10-13-8-14-15-9(16(8)11)19-5-7(17)12-4-6-2-1-3-18-6/h1-3H,4-5,10-11H2,(H,12,17)(H,13,14). The van der Waals surface area contributed by atoms with E-state index in [9.17, 15) is 4.79 Å². The van der Waals surface area contributed by atoms with Gasteiger partial charge in [-0.15, -0.1) is 10.2 Å². The van der Waals surface area contributed by atoms with Crippen LogP contribution >= 0.6 is 11.8 Å². The number of furan rings is 1. The van der Waals surface area contributed by atoms with Gasteiger partial charge in [0.15, 0.2) is 0 Å². The smallest absolute Gasteiger partial charge is 0.258 e. The summed E-state index contributed by atoms with van der Waals surface area (Å²) in [6.07, 6.45) is 1.55. The zero-order valence-electron chi connectivity index (χ0n) is 9.87. The van der Waals surface area contributed by atoms with Gasteiger partial charge in [-0.05, 0) is 12.1 Å². The van der Waals surface area contributed by atoms with Crippen molar-refractivity contribution in [2.45, 2.75) is 11.7 Å². The number of hydrogen-bond donors (Lipinski definition) is 4. The lowest BCUT2D eigenvalue weighted by molar-refractivity contribution is -0.118. The van der Waals surface area contributed by atoms with E-state index < -0.39 is 0 Å². The molecule has 0 aromatic carbocycles. The molecule has 10 heteroatoms. The predicted molar refractivity (Wildman–Crippen MR) is 69.3 cm³/mol. The Labute approximate surface area is 112 Å². The van der Waals surface area contributed by atoms with Gasteiger partial charge in [0.05, 0.1) is 18.6 Å². The van der Waals surface area contributed by atoms with Gasteiger partial charge in [0.2, 0.25) is 11.1 Å². The molecule has 0 atom stereocenters. The molecule has 2 aromatic rings. The van der Waals surface area contributed by atoms with Gasteiger partial charge < -0.3 is 15.6 Å². The minimum atomic E-state index is -0.161. The summed E-state index contributed by atoms with van der Waals surface area (Å²) in [4.78, 5) is 11.6. The third-order valence-electron chi connectivity index (χ3n) is 2.17. The van der Waals surface area contributed by atoms with Crippen molar-refractivity contribution in [3.8, 4) is 0 Å². The molecular formula is C9H13N7O2S. The summed E-state index contributed by atoms with van der Waals surface area (Å²) in [6.45, 7) is 0.345. The van der Waals surface area contributed by atoms with Crippen LogP contribution in [0.2, 0.25) is 0 Å². The van der Waals surface area contributed by atoms with Crippen LogP contribution in [0.15, 0.2) is 28.0 Å². The number of thioether (sulfide) groups is 1. The maximum absolute atomic E-state index is 11.6. The van der Waals surface area contributed by atoms with Crippen molar-refractivity contribution in [2.24, 2.45) is 5.84 Å². The molecule has 2 heterocycles. The topological polar surface area (TPSA) is 137 Å². The summed E-state index contributed by atoms with van der Waals surface area (Å²) in [5.41, 5.74) is 2.29. The number of hydrazine groups is 1. The molecule has 1 amide bonds. The highest BCUT2D eigenvalue weighted by atomic mass is 32.2. The number of carbonyl (C=O) groups excluding carboxylic acids is 1. The molecule has 2 rings (SSSR count). The Kier molecular flexibility index (Phi) is 4.26. The molecule has 0 bridgehead atoms. The lowest BCUT2D eigenvalue weighted by Crippen LogP contribution is -2.25. The molecule has 0 fully saturated rings. The van der Waals surface area contributed by atoms with E-state index in [0.717, 1.165) is 11.8 Å². The van der Waals surface area contributed by atoms with Gasteiger partial charge in [0, 0.05) is 0 Å². The van der Waals surface area contributed by atoms with E-state index >= 15 is 0 Å². The van der Waals surface area contributed by atoms with E-state index in [4.69, 9.17) is 16.1 Å². The first-order valence-corrected chi connectivity index (χ1v) is 6.28. The number of nitrogens with one attached hydrogen (secondary N) is 2. The van der Waals surface area contributed by atoms with Crippen LogP contribution in [0.4, 0.5) is 5.95 Å². The Morgan fingerprint density at radius 1 is 1.53 bits per heavy atom. The zero-order chi connectivity index (χ0) is 13.7. The normalized spacial score (nSPS) is 10.4. The highest BCUT2D eigenvalue weighted by Crippen LogP contribution is 2.15. The summed E-state index contributed by atoms with van der Waals surface area (Å²) in [7, 11) is 0. The molecule has 0 radical (unpaired) electrons. The Morgan fingerprint density at radius 3 is 3.00 bits per heavy atom. The lowest BCUT2D eigenvalue weighted by Gasteiger charge is -2.03. The van der Waals surface area contributed by atoms with Crippen molar-refractivity contribution < 1.29 is 9.21 Å². The molecular weight excluding hydrogens is 270 g/mol. The minimum Gasteiger partial charge on any atom is -0.467 e. The van der Waals surface area contributed by atoms with Gasteiger partial charge in [-0.3, -0.25) is 10.2 Å². The molecule has 0 saturated carbocycles. The molecule has 0 aliphatic rings. The summed E-state index contributed by atoms with van der Waals surface area (Å²) < 4.78 is 6.26. The zero-order valence-corrected chi connectivity index (χ0v) is 10.7. The molecule has 102 valence electrons. The quantitative estimate of drug-likeness (QED) is 0.309. The van der Waals surface area contributed by atoms with Crippen molar-refractivity contribution in [3.05, 3.63) is 24.2 Å². The number of carbonyl (C=O) groups is 1. The van der Waals surface area contributed by atoms with Gasteiger partial charge in [-0.2, -0.15) is 0 Å².